The summed E-state index contributed by atoms with van der Waals surface area (Å²) >= 11 is 0. The van der Waals surface area contributed by atoms with Crippen LogP contribution >= 0.6 is 0 Å². The van der Waals surface area contributed by atoms with E-state index in [1.54, 1.807) is 0 Å². The first-order valence-corrected chi connectivity index (χ1v) is 4.13. The van der Waals surface area contributed by atoms with Crippen LogP contribution in [-0.2, 0) is 19.1 Å². The van der Waals surface area contributed by atoms with Crippen molar-refractivity contribution in [2.75, 3.05) is 0 Å². The van der Waals surface area contributed by atoms with Crippen LogP contribution in [0.2, 0.25) is 0 Å². The summed E-state index contributed by atoms with van der Waals surface area (Å²) < 4.78 is 9.83. The fourth-order valence-corrected chi connectivity index (χ4v) is 1.24. The Balaban J connectivity index is 2.73. The predicted molar refractivity (Wildman–Crippen MR) is 44.9 cm³/mol. The fourth-order valence-electron chi connectivity index (χ4n) is 1.24. The molecule has 0 amide bonds. The van der Waals surface area contributed by atoms with Gasteiger partial charge < -0.3 is 9.47 Å². The molecule has 0 saturated carbocycles. The Hall–Kier alpha value is -1.32. The molecule has 13 heavy (non-hydrogen) atoms. The molecule has 0 aromatic carbocycles. The van der Waals surface area contributed by atoms with Gasteiger partial charge in [0, 0.05) is 6.92 Å². The minimum Gasteiger partial charge on any atom is -0.455 e. The summed E-state index contributed by atoms with van der Waals surface area (Å²) in [6.07, 6.45) is -0.359. The molecule has 0 aromatic heterocycles. The number of hydrogen-bond acceptors (Lipinski definition) is 4. The molecule has 0 aromatic rings. The zero-order valence-electron chi connectivity index (χ0n) is 7.70. The van der Waals surface area contributed by atoms with Gasteiger partial charge in [-0.15, -0.1) is 0 Å². The van der Waals surface area contributed by atoms with E-state index in [1.807, 2.05) is 6.92 Å². The monoisotopic (exact) mass is 184 g/mol. The quantitative estimate of drug-likeness (QED) is 0.470. The Morgan fingerprint density at radius 1 is 1.69 bits per heavy atom. The highest BCUT2D eigenvalue weighted by Crippen LogP contribution is 2.24. The molecule has 0 aliphatic carbocycles. The van der Waals surface area contributed by atoms with Crippen LogP contribution in [0, 0.1) is 0 Å². The Morgan fingerprint density at radius 3 is 2.77 bits per heavy atom. The number of rotatable bonds is 2. The number of esters is 2. The van der Waals surface area contributed by atoms with Gasteiger partial charge in [-0.05, 0) is 6.42 Å². The molecule has 1 saturated heterocycles. The zero-order chi connectivity index (χ0) is 10.0. The summed E-state index contributed by atoms with van der Waals surface area (Å²) in [6.45, 7) is 6.66. The highest BCUT2D eigenvalue weighted by molar-refractivity contribution is 5.92. The second kappa shape index (κ2) is 3.60. The van der Waals surface area contributed by atoms with Gasteiger partial charge in [0.05, 0.1) is 5.57 Å². The van der Waals surface area contributed by atoms with Crippen molar-refractivity contribution in [1.82, 2.24) is 0 Å². The molecule has 4 nitrogen and oxygen atoms in total. The SMILES string of the molecule is C=C1C(=O)OC(CC)C1OC(C)=O. The molecule has 0 bridgehead atoms. The lowest BCUT2D eigenvalue weighted by Crippen LogP contribution is -2.26. The van der Waals surface area contributed by atoms with E-state index in [9.17, 15) is 9.59 Å². The molecule has 1 heterocycles. The molecule has 1 aliphatic heterocycles. The summed E-state index contributed by atoms with van der Waals surface area (Å²) in [7, 11) is 0. The summed E-state index contributed by atoms with van der Waals surface area (Å²) in [6, 6.07) is 0. The third-order valence-corrected chi connectivity index (χ3v) is 1.90. The van der Waals surface area contributed by atoms with E-state index in [0.29, 0.717) is 6.42 Å². The van der Waals surface area contributed by atoms with E-state index in [-0.39, 0.29) is 11.7 Å². The van der Waals surface area contributed by atoms with Gasteiger partial charge in [-0.2, -0.15) is 0 Å². The van der Waals surface area contributed by atoms with Gasteiger partial charge in [-0.1, -0.05) is 13.5 Å². The summed E-state index contributed by atoms with van der Waals surface area (Å²) in [5, 5.41) is 0. The van der Waals surface area contributed by atoms with Crippen molar-refractivity contribution >= 4 is 11.9 Å². The lowest BCUT2D eigenvalue weighted by molar-refractivity contribution is -0.150. The minimum atomic E-state index is -0.602. The van der Waals surface area contributed by atoms with Crippen LogP contribution < -0.4 is 0 Å². The largest absolute Gasteiger partial charge is 0.455 e. The highest BCUT2D eigenvalue weighted by Gasteiger charge is 2.39. The highest BCUT2D eigenvalue weighted by atomic mass is 16.6. The first-order valence-electron chi connectivity index (χ1n) is 4.13. The standard InChI is InChI=1S/C9H12O4/c1-4-7-8(12-6(3)10)5(2)9(11)13-7/h7-8H,2,4H2,1,3H3. The van der Waals surface area contributed by atoms with E-state index in [0.717, 1.165) is 0 Å². The molecule has 0 radical (unpaired) electrons. The van der Waals surface area contributed by atoms with Crippen LogP contribution in [-0.4, -0.2) is 24.1 Å². The summed E-state index contributed by atoms with van der Waals surface area (Å²) in [5.74, 6) is -0.902. The first-order chi connectivity index (χ1) is 6.06. The van der Waals surface area contributed by atoms with Gasteiger partial charge in [0.25, 0.3) is 0 Å². The van der Waals surface area contributed by atoms with E-state index in [2.05, 4.69) is 6.58 Å². The molecule has 2 unspecified atom stereocenters. The number of carbonyl (C=O) groups is 2. The Labute approximate surface area is 76.5 Å². The second-order valence-electron chi connectivity index (χ2n) is 2.91. The van der Waals surface area contributed by atoms with Crippen molar-refractivity contribution in [2.45, 2.75) is 32.5 Å². The molecule has 1 aliphatic rings. The maximum atomic E-state index is 11.0. The normalized spacial score (nSPS) is 27.2. The molecule has 1 fully saturated rings. The number of hydrogen-bond donors (Lipinski definition) is 0. The van der Waals surface area contributed by atoms with E-state index >= 15 is 0 Å². The molecular formula is C9H12O4. The molecule has 72 valence electrons. The van der Waals surface area contributed by atoms with Crippen LogP contribution in [0.25, 0.3) is 0 Å². The Kier molecular flexibility index (Phi) is 2.70. The van der Waals surface area contributed by atoms with Crippen molar-refractivity contribution in [2.24, 2.45) is 0 Å². The van der Waals surface area contributed by atoms with Crippen molar-refractivity contribution < 1.29 is 19.1 Å². The van der Waals surface area contributed by atoms with Gasteiger partial charge in [0.1, 0.15) is 6.10 Å². The minimum absolute atomic E-state index is 0.224. The van der Waals surface area contributed by atoms with E-state index < -0.39 is 18.0 Å². The van der Waals surface area contributed by atoms with Crippen molar-refractivity contribution in [3.05, 3.63) is 12.2 Å². The van der Waals surface area contributed by atoms with Crippen molar-refractivity contribution in [1.29, 1.82) is 0 Å². The fraction of sp³-hybridized carbons (Fsp3) is 0.556. The first kappa shape index (κ1) is 9.77. The lowest BCUT2D eigenvalue weighted by Gasteiger charge is -2.15. The average Bonchev–Trinajstić information content (AvgIpc) is 2.31. The van der Waals surface area contributed by atoms with Gasteiger partial charge >= 0.3 is 11.9 Å². The number of cyclic esters (lactones) is 1. The summed E-state index contributed by atoms with van der Waals surface area (Å²) in [4.78, 5) is 21.7. The average molecular weight is 184 g/mol. The smallest absolute Gasteiger partial charge is 0.337 e. The molecular weight excluding hydrogens is 172 g/mol. The second-order valence-corrected chi connectivity index (χ2v) is 2.91. The van der Waals surface area contributed by atoms with E-state index in [4.69, 9.17) is 9.47 Å². The predicted octanol–water partition coefficient (Wildman–Crippen LogP) is 0.810. The maximum absolute atomic E-state index is 11.0. The molecule has 2 atom stereocenters. The number of ether oxygens (including phenoxy) is 2. The van der Waals surface area contributed by atoms with Gasteiger partial charge in [-0.25, -0.2) is 4.79 Å². The van der Waals surface area contributed by atoms with Crippen molar-refractivity contribution in [3.63, 3.8) is 0 Å². The Morgan fingerprint density at radius 2 is 2.31 bits per heavy atom. The van der Waals surface area contributed by atoms with Crippen LogP contribution in [0.5, 0.6) is 0 Å². The van der Waals surface area contributed by atoms with Crippen molar-refractivity contribution in [3.8, 4) is 0 Å². The van der Waals surface area contributed by atoms with Crippen LogP contribution in [0.4, 0.5) is 0 Å². The van der Waals surface area contributed by atoms with E-state index in [1.165, 1.54) is 6.92 Å². The third-order valence-electron chi connectivity index (χ3n) is 1.90. The lowest BCUT2D eigenvalue weighted by atomic mass is 10.1. The molecule has 0 N–H and O–H groups in total. The third kappa shape index (κ3) is 1.88. The summed E-state index contributed by atoms with van der Waals surface area (Å²) in [5.41, 5.74) is 0.224. The van der Waals surface area contributed by atoms with Crippen LogP contribution in [0.15, 0.2) is 12.2 Å². The molecule has 1 rings (SSSR count). The molecule has 0 spiro atoms. The number of carbonyl (C=O) groups excluding carboxylic acids is 2. The Bertz CT molecular complexity index is 256. The van der Waals surface area contributed by atoms with Gasteiger partial charge in [0.15, 0.2) is 6.10 Å². The van der Waals surface area contributed by atoms with Crippen LogP contribution in [0.1, 0.15) is 20.3 Å². The van der Waals surface area contributed by atoms with Crippen LogP contribution in [0.3, 0.4) is 0 Å². The topological polar surface area (TPSA) is 52.6 Å². The zero-order valence-corrected chi connectivity index (χ0v) is 7.70. The maximum Gasteiger partial charge on any atom is 0.337 e. The molecule has 4 heteroatoms. The van der Waals surface area contributed by atoms with Gasteiger partial charge in [-0.3, -0.25) is 4.79 Å². The van der Waals surface area contributed by atoms with Gasteiger partial charge in [0.2, 0.25) is 0 Å².